The fourth-order valence-corrected chi connectivity index (χ4v) is 6.08. The van der Waals surface area contributed by atoms with Crippen molar-refractivity contribution in [2.45, 2.75) is 64.5 Å². The Morgan fingerprint density at radius 1 is 1.00 bits per heavy atom. The van der Waals surface area contributed by atoms with E-state index in [0.717, 1.165) is 48.2 Å². The van der Waals surface area contributed by atoms with Gasteiger partial charge in [-0.15, -0.1) is 11.3 Å². The van der Waals surface area contributed by atoms with E-state index >= 15 is 0 Å². The Kier molecular flexibility index (Phi) is 8.08. The minimum absolute atomic E-state index is 0.0858. The predicted molar refractivity (Wildman–Crippen MR) is 147 cm³/mol. The standard InChI is InChI=1S/C29H34N4O2S/c1-2-3-4-5-6-9-18-35-19-15-21-13-14-25(36-21)27-26-23(20-33(27)29-30-16-10-17-31-29)28(34)22-11-7-8-12-24(22)32-26/h7-8,10-14,16-17,27H,2-6,9,15,18-20H2,1H3,(H,32,34). The zero-order chi connectivity index (χ0) is 24.7. The first kappa shape index (κ1) is 24.7. The summed E-state index contributed by atoms with van der Waals surface area (Å²) in [6, 6.07) is 13.8. The second kappa shape index (κ2) is 11.8. The third-order valence-electron chi connectivity index (χ3n) is 6.85. The largest absolute Gasteiger partial charge is 0.381 e. The number of pyridine rings is 1. The molecule has 1 aliphatic heterocycles. The lowest BCUT2D eigenvalue weighted by Crippen LogP contribution is -2.24. The van der Waals surface area contributed by atoms with Crippen LogP contribution >= 0.6 is 11.3 Å². The zero-order valence-corrected chi connectivity index (χ0v) is 21.7. The van der Waals surface area contributed by atoms with Crippen molar-refractivity contribution < 1.29 is 4.74 Å². The molecule has 5 rings (SSSR count). The first-order chi connectivity index (χ1) is 17.8. The van der Waals surface area contributed by atoms with E-state index in [4.69, 9.17) is 4.74 Å². The number of para-hydroxylation sites is 1. The molecule has 1 aromatic carbocycles. The maximum atomic E-state index is 13.4. The number of anilines is 1. The molecule has 0 bridgehead atoms. The number of unbranched alkanes of at least 4 members (excludes halogenated alkanes) is 5. The first-order valence-electron chi connectivity index (χ1n) is 13.1. The molecular weight excluding hydrogens is 468 g/mol. The van der Waals surface area contributed by atoms with Gasteiger partial charge in [-0.1, -0.05) is 51.2 Å². The molecule has 0 amide bonds. The van der Waals surface area contributed by atoms with Crippen molar-refractivity contribution in [2.24, 2.45) is 0 Å². The number of benzene rings is 1. The molecule has 0 aliphatic carbocycles. The number of thiophene rings is 1. The predicted octanol–water partition coefficient (Wildman–Crippen LogP) is 6.41. The van der Waals surface area contributed by atoms with E-state index in [2.05, 4.69) is 38.9 Å². The quantitative estimate of drug-likeness (QED) is 0.227. The second-order valence-electron chi connectivity index (χ2n) is 9.41. The summed E-state index contributed by atoms with van der Waals surface area (Å²) in [5.74, 6) is 0.632. The van der Waals surface area contributed by atoms with Crippen LogP contribution in [-0.2, 0) is 17.7 Å². The summed E-state index contributed by atoms with van der Waals surface area (Å²) in [6.07, 6.45) is 12.1. The molecule has 0 saturated heterocycles. The Bertz CT molecular complexity index is 1330. The van der Waals surface area contributed by atoms with Crippen LogP contribution in [0.3, 0.4) is 0 Å². The maximum Gasteiger partial charge on any atom is 0.226 e. The topological polar surface area (TPSA) is 71.1 Å². The second-order valence-corrected chi connectivity index (χ2v) is 10.6. The van der Waals surface area contributed by atoms with Crippen LogP contribution in [0.5, 0.6) is 0 Å². The number of nitrogens with zero attached hydrogens (tertiary/aromatic N) is 3. The highest BCUT2D eigenvalue weighted by atomic mass is 32.1. The van der Waals surface area contributed by atoms with Gasteiger partial charge in [0.15, 0.2) is 5.43 Å². The molecule has 1 aliphatic rings. The third-order valence-corrected chi connectivity index (χ3v) is 8.05. The molecule has 0 spiro atoms. The number of hydrogen-bond donors (Lipinski definition) is 1. The van der Waals surface area contributed by atoms with Gasteiger partial charge in [-0.3, -0.25) is 4.79 Å². The third kappa shape index (κ3) is 5.37. The summed E-state index contributed by atoms with van der Waals surface area (Å²) in [5, 5.41) is 0.722. The lowest BCUT2D eigenvalue weighted by atomic mass is 10.1. The van der Waals surface area contributed by atoms with E-state index < -0.39 is 0 Å². The number of H-pyrrole nitrogens is 1. The molecule has 4 aromatic rings. The molecular formula is C29H34N4O2S. The monoisotopic (exact) mass is 502 g/mol. The van der Waals surface area contributed by atoms with Crippen molar-refractivity contribution in [1.82, 2.24) is 15.0 Å². The average Bonchev–Trinajstić information content (AvgIpc) is 3.53. The van der Waals surface area contributed by atoms with Crippen LogP contribution in [-0.4, -0.2) is 28.2 Å². The van der Waals surface area contributed by atoms with Crippen LogP contribution in [0.2, 0.25) is 0 Å². The zero-order valence-electron chi connectivity index (χ0n) is 20.9. The fourth-order valence-electron chi connectivity index (χ4n) is 4.96. The van der Waals surface area contributed by atoms with Gasteiger partial charge in [-0.25, -0.2) is 9.97 Å². The smallest absolute Gasteiger partial charge is 0.226 e. The summed E-state index contributed by atoms with van der Waals surface area (Å²) in [5.41, 5.74) is 2.69. The number of fused-ring (bicyclic) bond motifs is 2. The molecule has 0 saturated carbocycles. The van der Waals surface area contributed by atoms with E-state index in [1.165, 1.54) is 41.9 Å². The molecule has 6 nitrogen and oxygen atoms in total. The number of rotatable bonds is 12. The van der Waals surface area contributed by atoms with E-state index in [9.17, 15) is 4.79 Å². The lowest BCUT2D eigenvalue weighted by Gasteiger charge is -2.24. The summed E-state index contributed by atoms with van der Waals surface area (Å²) < 4.78 is 5.92. The van der Waals surface area contributed by atoms with E-state index in [-0.39, 0.29) is 11.5 Å². The molecule has 1 N–H and O–H groups in total. The summed E-state index contributed by atoms with van der Waals surface area (Å²) in [7, 11) is 0. The van der Waals surface area contributed by atoms with Crippen molar-refractivity contribution in [1.29, 1.82) is 0 Å². The fraction of sp³-hybridized carbons (Fsp3) is 0.414. The number of ether oxygens (including phenoxy) is 1. The van der Waals surface area contributed by atoms with Gasteiger partial charge in [0, 0.05) is 51.6 Å². The van der Waals surface area contributed by atoms with Crippen LogP contribution in [0.4, 0.5) is 5.95 Å². The van der Waals surface area contributed by atoms with Gasteiger partial charge in [0.05, 0.1) is 18.8 Å². The Labute approximate surface area is 216 Å². The Morgan fingerprint density at radius 3 is 2.67 bits per heavy atom. The average molecular weight is 503 g/mol. The number of hydrogen-bond acceptors (Lipinski definition) is 6. The van der Waals surface area contributed by atoms with Crippen LogP contribution in [0.15, 0.2) is 59.7 Å². The summed E-state index contributed by atoms with van der Waals surface area (Å²) in [4.78, 5) is 30.6. The van der Waals surface area contributed by atoms with Crippen molar-refractivity contribution in [3.8, 4) is 0 Å². The van der Waals surface area contributed by atoms with Gasteiger partial charge in [0.25, 0.3) is 0 Å². The maximum absolute atomic E-state index is 13.4. The molecule has 7 heteroatoms. The first-order valence-corrected chi connectivity index (χ1v) is 13.9. The minimum Gasteiger partial charge on any atom is -0.381 e. The van der Waals surface area contributed by atoms with Gasteiger partial charge in [-0.2, -0.15) is 0 Å². The highest BCUT2D eigenvalue weighted by Gasteiger charge is 2.37. The highest BCUT2D eigenvalue weighted by Crippen LogP contribution is 2.41. The number of aromatic amines is 1. The molecule has 188 valence electrons. The van der Waals surface area contributed by atoms with Gasteiger partial charge in [0.2, 0.25) is 5.95 Å². The summed E-state index contributed by atoms with van der Waals surface area (Å²) >= 11 is 1.78. The number of nitrogens with one attached hydrogen (secondary N) is 1. The molecule has 0 radical (unpaired) electrons. The molecule has 4 heterocycles. The number of aromatic nitrogens is 3. The van der Waals surface area contributed by atoms with Gasteiger partial charge < -0.3 is 14.6 Å². The lowest BCUT2D eigenvalue weighted by molar-refractivity contribution is 0.133. The van der Waals surface area contributed by atoms with Gasteiger partial charge in [-0.05, 0) is 36.8 Å². The molecule has 0 fully saturated rings. The van der Waals surface area contributed by atoms with Crippen molar-refractivity contribution >= 4 is 28.2 Å². The van der Waals surface area contributed by atoms with Crippen LogP contribution in [0, 0.1) is 0 Å². The molecule has 1 unspecified atom stereocenters. The van der Waals surface area contributed by atoms with Crippen molar-refractivity contribution in [2.75, 3.05) is 18.1 Å². The van der Waals surface area contributed by atoms with E-state index in [0.29, 0.717) is 12.5 Å². The molecule has 1 atom stereocenters. The van der Waals surface area contributed by atoms with Gasteiger partial charge >= 0.3 is 0 Å². The minimum atomic E-state index is -0.123. The van der Waals surface area contributed by atoms with Crippen LogP contribution in [0.25, 0.3) is 10.9 Å². The Morgan fingerprint density at radius 2 is 1.81 bits per heavy atom. The normalized spacial score (nSPS) is 15.0. The highest BCUT2D eigenvalue weighted by molar-refractivity contribution is 7.12. The Hall–Kier alpha value is -3.03. The van der Waals surface area contributed by atoms with Crippen LogP contribution < -0.4 is 10.3 Å². The van der Waals surface area contributed by atoms with Crippen molar-refractivity contribution in [3.63, 3.8) is 0 Å². The van der Waals surface area contributed by atoms with Crippen LogP contribution in [0.1, 0.15) is 72.5 Å². The van der Waals surface area contributed by atoms with Crippen molar-refractivity contribution in [3.05, 3.63) is 86.1 Å². The molecule has 36 heavy (non-hydrogen) atoms. The van der Waals surface area contributed by atoms with E-state index in [1.807, 2.05) is 30.3 Å². The summed E-state index contributed by atoms with van der Waals surface area (Å²) in [6.45, 7) is 4.31. The van der Waals surface area contributed by atoms with E-state index in [1.54, 1.807) is 23.7 Å². The Balaban J connectivity index is 1.31. The SMILES string of the molecule is CCCCCCCCOCCc1ccc(C2c3[nH]c4ccccc4c(=O)c3CN2c2ncccn2)s1. The molecule has 3 aromatic heterocycles. The van der Waals surface area contributed by atoms with Gasteiger partial charge in [0.1, 0.15) is 6.04 Å².